The van der Waals surface area contributed by atoms with Crippen LogP contribution in [0.4, 0.5) is 0 Å². The van der Waals surface area contributed by atoms with Gasteiger partial charge >= 0.3 is 5.97 Å². The van der Waals surface area contributed by atoms with Crippen LogP contribution in [0.1, 0.15) is 23.4 Å². The lowest BCUT2D eigenvalue weighted by atomic mass is 10.1. The molecule has 0 radical (unpaired) electrons. The van der Waals surface area contributed by atoms with Gasteiger partial charge in [-0.25, -0.2) is 4.68 Å². The van der Waals surface area contributed by atoms with Crippen molar-refractivity contribution in [1.29, 1.82) is 0 Å². The normalized spacial score (nSPS) is 10.5. The lowest BCUT2D eigenvalue weighted by Crippen LogP contribution is -2.10. The van der Waals surface area contributed by atoms with E-state index >= 15 is 0 Å². The summed E-state index contributed by atoms with van der Waals surface area (Å²) in [5.74, 6) is -0.174. The number of rotatable bonds is 5. The van der Waals surface area contributed by atoms with Gasteiger partial charge in [0.1, 0.15) is 0 Å². The molecule has 0 bridgehead atoms. The standard InChI is InChI=1S/C12H14N4O2/c1-9-2-4-10(5-3-9)8-11-13-14-15-16(11)7-6-12(17)18/h2-5H,6-8H2,1H3,(H,17,18). The summed E-state index contributed by atoms with van der Waals surface area (Å²) in [5.41, 5.74) is 2.30. The number of carboxylic acids is 1. The van der Waals surface area contributed by atoms with E-state index in [1.54, 1.807) is 0 Å². The largest absolute Gasteiger partial charge is 0.481 e. The molecule has 0 fully saturated rings. The predicted octanol–water partition coefficient (Wildman–Crippen LogP) is 1.05. The molecule has 0 saturated heterocycles. The van der Waals surface area contributed by atoms with Gasteiger partial charge in [-0.15, -0.1) is 5.10 Å². The zero-order chi connectivity index (χ0) is 13.0. The van der Waals surface area contributed by atoms with E-state index < -0.39 is 5.97 Å². The number of benzene rings is 1. The minimum Gasteiger partial charge on any atom is -0.481 e. The molecular formula is C12H14N4O2. The zero-order valence-corrected chi connectivity index (χ0v) is 10.1. The second-order valence-electron chi connectivity index (χ2n) is 4.12. The van der Waals surface area contributed by atoms with Crippen LogP contribution in [-0.2, 0) is 17.8 Å². The third-order valence-electron chi connectivity index (χ3n) is 2.63. The van der Waals surface area contributed by atoms with Crippen LogP contribution in [0, 0.1) is 6.92 Å². The van der Waals surface area contributed by atoms with Crippen molar-refractivity contribution in [2.75, 3.05) is 0 Å². The first kappa shape index (κ1) is 12.2. The maximum absolute atomic E-state index is 10.5. The van der Waals surface area contributed by atoms with Crippen molar-refractivity contribution in [3.8, 4) is 0 Å². The first-order valence-corrected chi connectivity index (χ1v) is 5.67. The molecule has 18 heavy (non-hydrogen) atoms. The number of hydrogen-bond acceptors (Lipinski definition) is 4. The van der Waals surface area contributed by atoms with Gasteiger partial charge in [-0.1, -0.05) is 29.8 Å². The molecule has 1 N–H and O–H groups in total. The van der Waals surface area contributed by atoms with Crippen LogP contribution in [-0.4, -0.2) is 31.3 Å². The molecule has 0 spiro atoms. The second kappa shape index (κ2) is 5.39. The van der Waals surface area contributed by atoms with Crippen LogP contribution in [0.25, 0.3) is 0 Å². The summed E-state index contributed by atoms with van der Waals surface area (Å²) >= 11 is 0. The number of tetrazole rings is 1. The maximum atomic E-state index is 10.5. The number of hydrogen-bond donors (Lipinski definition) is 1. The third-order valence-corrected chi connectivity index (χ3v) is 2.63. The fraction of sp³-hybridized carbons (Fsp3) is 0.333. The minimum absolute atomic E-state index is 0.0198. The molecule has 94 valence electrons. The average molecular weight is 246 g/mol. The summed E-state index contributed by atoms with van der Waals surface area (Å²) < 4.78 is 1.54. The minimum atomic E-state index is -0.855. The fourth-order valence-corrected chi connectivity index (χ4v) is 1.61. The molecule has 1 heterocycles. The molecule has 2 aromatic rings. The molecule has 0 atom stereocenters. The highest BCUT2D eigenvalue weighted by atomic mass is 16.4. The zero-order valence-electron chi connectivity index (χ0n) is 10.1. The molecule has 1 aromatic heterocycles. The molecule has 2 rings (SSSR count). The molecule has 0 amide bonds. The van der Waals surface area contributed by atoms with Gasteiger partial charge in [0.25, 0.3) is 0 Å². The van der Waals surface area contributed by atoms with Crippen molar-refractivity contribution in [1.82, 2.24) is 20.2 Å². The van der Waals surface area contributed by atoms with E-state index in [9.17, 15) is 4.79 Å². The van der Waals surface area contributed by atoms with Gasteiger partial charge in [0, 0.05) is 6.42 Å². The SMILES string of the molecule is Cc1ccc(Cc2nnnn2CCC(=O)O)cc1. The van der Waals surface area contributed by atoms with E-state index in [1.807, 2.05) is 31.2 Å². The van der Waals surface area contributed by atoms with E-state index in [0.717, 1.165) is 5.56 Å². The topological polar surface area (TPSA) is 80.9 Å². The quantitative estimate of drug-likeness (QED) is 0.852. The van der Waals surface area contributed by atoms with Gasteiger partial charge in [-0.3, -0.25) is 4.79 Å². The van der Waals surface area contributed by atoms with Crippen LogP contribution in [0.3, 0.4) is 0 Å². The Labute approximate surface area is 104 Å². The van der Waals surface area contributed by atoms with E-state index in [2.05, 4.69) is 15.5 Å². The highest BCUT2D eigenvalue weighted by molar-refractivity contribution is 5.66. The highest BCUT2D eigenvalue weighted by Crippen LogP contribution is 2.08. The number of aliphatic carboxylic acids is 1. The van der Waals surface area contributed by atoms with E-state index in [0.29, 0.717) is 18.8 Å². The van der Waals surface area contributed by atoms with Gasteiger partial charge in [0.15, 0.2) is 5.82 Å². The van der Waals surface area contributed by atoms with Crippen molar-refractivity contribution in [3.63, 3.8) is 0 Å². The number of aromatic nitrogens is 4. The van der Waals surface area contributed by atoms with Gasteiger partial charge in [0.2, 0.25) is 0 Å². The number of carboxylic acid groups (broad SMARTS) is 1. The molecule has 6 nitrogen and oxygen atoms in total. The maximum Gasteiger partial charge on any atom is 0.305 e. The summed E-state index contributed by atoms with van der Waals surface area (Å²) in [5, 5.41) is 19.9. The lowest BCUT2D eigenvalue weighted by Gasteiger charge is -2.03. The van der Waals surface area contributed by atoms with E-state index in [1.165, 1.54) is 10.2 Å². The molecule has 1 aromatic carbocycles. The van der Waals surface area contributed by atoms with Crippen molar-refractivity contribution in [2.24, 2.45) is 0 Å². The summed E-state index contributed by atoms with van der Waals surface area (Å²) in [6.45, 7) is 2.32. The Kier molecular flexibility index (Phi) is 3.66. The Morgan fingerprint density at radius 2 is 2.06 bits per heavy atom. The fourth-order valence-electron chi connectivity index (χ4n) is 1.61. The van der Waals surface area contributed by atoms with Gasteiger partial charge < -0.3 is 5.11 Å². The Morgan fingerprint density at radius 3 is 2.72 bits per heavy atom. The Morgan fingerprint density at radius 1 is 1.33 bits per heavy atom. The summed E-state index contributed by atoms with van der Waals surface area (Å²) in [7, 11) is 0. The van der Waals surface area contributed by atoms with Crippen molar-refractivity contribution >= 4 is 5.97 Å². The van der Waals surface area contributed by atoms with E-state index in [4.69, 9.17) is 5.11 Å². The van der Waals surface area contributed by atoms with Crippen molar-refractivity contribution in [2.45, 2.75) is 26.3 Å². The van der Waals surface area contributed by atoms with E-state index in [-0.39, 0.29) is 6.42 Å². The van der Waals surface area contributed by atoms with Gasteiger partial charge in [-0.05, 0) is 22.9 Å². The molecule has 0 aliphatic carbocycles. The molecule has 0 saturated carbocycles. The molecule has 0 aliphatic heterocycles. The van der Waals surface area contributed by atoms with Crippen molar-refractivity contribution in [3.05, 3.63) is 41.2 Å². The Hall–Kier alpha value is -2.24. The monoisotopic (exact) mass is 246 g/mol. The first-order valence-electron chi connectivity index (χ1n) is 5.67. The number of nitrogens with zero attached hydrogens (tertiary/aromatic N) is 4. The van der Waals surface area contributed by atoms with Crippen LogP contribution in [0.5, 0.6) is 0 Å². The first-order chi connectivity index (χ1) is 8.65. The molecule has 6 heteroatoms. The Bertz CT molecular complexity index is 533. The summed E-state index contributed by atoms with van der Waals surface area (Å²) in [4.78, 5) is 10.5. The van der Waals surface area contributed by atoms with Crippen LogP contribution < -0.4 is 0 Å². The van der Waals surface area contributed by atoms with Crippen molar-refractivity contribution < 1.29 is 9.90 Å². The number of carbonyl (C=O) groups is 1. The second-order valence-corrected chi connectivity index (χ2v) is 4.12. The molecule has 0 unspecified atom stereocenters. The highest BCUT2D eigenvalue weighted by Gasteiger charge is 2.08. The van der Waals surface area contributed by atoms with Gasteiger partial charge in [0.05, 0.1) is 13.0 Å². The van der Waals surface area contributed by atoms with Crippen LogP contribution in [0.15, 0.2) is 24.3 Å². The molecule has 0 aliphatic rings. The number of aryl methyl sites for hydroxylation is 2. The van der Waals surface area contributed by atoms with Crippen LogP contribution in [0.2, 0.25) is 0 Å². The molecular weight excluding hydrogens is 232 g/mol. The summed E-state index contributed by atoms with van der Waals surface area (Å²) in [6, 6.07) is 8.10. The lowest BCUT2D eigenvalue weighted by molar-refractivity contribution is -0.137. The van der Waals surface area contributed by atoms with Crippen LogP contribution >= 0.6 is 0 Å². The smallest absolute Gasteiger partial charge is 0.305 e. The Balaban J connectivity index is 2.07. The average Bonchev–Trinajstić information content (AvgIpc) is 2.77. The van der Waals surface area contributed by atoms with Gasteiger partial charge in [-0.2, -0.15) is 0 Å². The third kappa shape index (κ3) is 3.13. The summed E-state index contributed by atoms with van der Waals surface area (Å²) in [6.07, 6.45) is 0.624. The predicted molar refractivity (Wildman–Crippen MR) is 64.1 cm³/mol.